The Hall–Kier alpha value is -3.22. The van der Waals surface area contributed by atoms with Crippen molar-refractivity contribution in [2.45, 2.75) is 33.1 Å². The molecular weight excluding hydrogens is 592 g/mol. The Morgan fingerprint density at radius 2 is 0.946 bits per heavy atom. The molecule has 2 N–H and O–H groups in total. The summed E-state index contributed by atoms with van der Waals surface area (Å²) in [5.74, 6) is -0.304. The molecule has 4 aromatic rings. The minimum atomic E-state index is -0.344. The van der Waals surface area contributed by atoms with Gasteiger partial charge in [0, 0.05) is 25.5 Å². The van der Waals surface area contributed by atoms with E-state index < -0.39 is 0 Å². The van der Waals surface area contributed by atoms with Gasteiger partial charge in [0.2, 0.25) is 0 Å². The van der Waals surface area contributed by atoms with Crippen LogP contribution in [-0.2, 0) is 5.41 Å². The molecule has 188 valence electrons. The first-order chi connectivity index (χ1) is 17.6. The highest BCUT2D eigenvalue weighted by molar-refractivity contribution is 9.11. The molecule has 4 nitrogen and oxygen atoms in total. The van der Waals surface area contributed by atoms with Gasteiger partial charge in [0.1, 0.15) is 0 Å². The van der Waals surface area contributed by atoms with Crippen LogP contribution < -0.4 is 10.6 Å². The maximum absolute atomic E-state index is 12.7. The van der Waals surface area contributed by atoms with Gasteiger partial charge in [-0.3, -0.25) is 9.59 Å². The number of amides is 2. The predicted octanol–water partition coefficient (Wildman–Crippen LogP) is 8.66. The molecule has 6 heteroatoms. The van der Waals surface area contributed by atoms with Gasteiger partial charge in [-0.05, 0) is 104 Å². The molecule has 4 aromatic carbocycles. The average Bonchev–Trinajstić information content (AvgIpc) is 2.90. The molecule has 0 aliphatic heterocycles. The smallest absolute Gasteiger partial charge is 0.255 e. The van der Waals surface area contributed by atoms with E-state index in [2.05, 4.69) is 82.3 Å². The van der Waals surface area contributed by atoms with Crippen molar-refractivity contribution in [1.29, 1.82) is 0 Å². The number of hydrogen-bond donors (Lipinski definition) is 2. The third-order valence-electron chi connectivity index (χ3n) is 6.69. The molecule has 0 heterocycles. The van der Waals surface area contributed by atoms with Crippen molar-refractivity contribution in [3.8, 4) is 0 Å². The molecule has 0 aromatic heterocycles. The van der Waals surface area contributed by atoms with Gasteiger partial charge in [0.15, 0.2) is 0 Å². The van der Waals surface area contributed by atoms with Gasteiger partial charge in [-0.25, -0.2) is 0 Å². The highest BCUT2D eigenvalue weighted by atomic mass is 79.9. The van der Waals surface area contributed by atoms with Crippen molar-refractivity contribution in [3.63, 3.8) is 0 Å². The highest BCUT2D eigenvalue weighted by Gasteiger charge is 2.29. The van der Waals surface area contributed by atoms with E-state index in [0.29, 0.717) is 11.1 Å². The van der Waals surface area contributed by atoms with Gasteiger partial charge in [-0.1, -0.05) is 62.4 Å². The van der Waals surface area contributed by atoms with E-state index in [1.165, 1.54) is 0 Å². The fraction of sp³-hybridized carbons (Fsp3) is 0.161. The van der Waals surface area contributed by atoms with Crippen molar-refractivity contribution < 1.29 is 9.59 Å². The summed E-state index contributed by atoms with van der Waals surface area (Å²) in [6.07, 6.45) is 0. The Bertz CT molecular complexity index is 1360. The first-order valence-electron chi connectivity index (χ1n) is 11.9. The molecule has 4 rings (SSSR count). The van der Waals surface area contributed by atoms with Crippen molar-refractivity contribution >= 4 is 55.0 Å². The summed E-state index contributed by atoms with van der Waals surface area (Å²) in [7, 11) is 0. The van der Waals surface area contributed by atoms with Gasteiger partial charge in [-0.2, -0.15) is 0 Å². The molecule has 0 unspecified atom stereocenters. The van der Waals surface area contributed by atoms with Gasteiger partial charge in [0.25, 0.3) is 11.8 Å². The summed E-state index contributed by atoms with van der Waals surface area (Å²) in [5, 5.41) is 6.02. The van der Waals surface area contributed by atoms with Crippen LogP contribution in [0.2, 0.25) is 0 Å². The number of rotatable bonds is 6. The lowest BCUT2D eigenvalue weighted by Crippen LogP contribution is -2.23. The van der Waals surface area contributed by atoms with Gasteiger partial charge in [0.05, 0.1) is 11.4 Å². The largest absolute Gasteiger partial charge is 0.321 e. The normalized spacial score (nSPS) is 11.2. The van der Waals surface area contributed by atoms with E-state index in [0.717, 1.165) is 42.6 Å². The topological polar surface area (TPSA) is 58.2 Å². The first kappa shape index (κ1) is 26.8. The van der Waals surface area contributed by atoms with Crippen molar-refractivity contribution in [3.05, 3.63) is 127 Å². The van der Waals surface area contributed by atoms with Crippen LogP contribution in [0.3, 0.4) is 0 Å². The molecule has 0 fully saturated rings. The highest BCUT2D eigenvalue weighted by Crippen LogP contribution is 2.42. The van der Waals surface area contributed by atoms with Crippen LogP contribution in [0.4, 0.5) is 11.4 Å². The summed E-state index contributed by atoms with van der Waals surface area (Å²) in [6.45, 7) is 8.47. The second-order valence-corrected chi connectivity index (χ2v) is 11.1. The zero-order chi connectivity index (χ0) is 26.7. The number of anilines is 2. The van der Waals surface area contributed by atoms with E-state index in [9.17, 15) is 9.59 Å². The Morgan fingerprint density at radius 3 is 1.30 bits per heavy atom. The summed E-state index contributed by atoms with van der Waals surface area (Å²) in [6, 6.07) is 26.3. The minimum absolute atomic E-state index is 0.152. The van der Waals surface area contributed by atoms with E-state index in [4.69, 9.17) is 0 Å². The molecule has 0 saturated heterocycles. The molecule has 0 radical (unpaired) electrons. The molecular formula is C31H28Br2N2O2. The Balaban J connectivity index is 1.62. The predicted molar refractivity (Wildman–Crippen MR) is 159 cm³/mol. The maximum atomic E-state index is 12.7. The monoisotopic (exact) mass is 618 g/mol. The SMILES string of the molecule is Cc1c(C(C)(C)c2ccc(NC(=O)c3ccccc3)c(Br)c2C)ccc(NC(=O)c2ccccc2)c1Br. The van der Waals surface area contributed by atoms with E-state index in [-0.39, 0.29) is 17.2 Å². The van der Waals surface area contributed by atoms with E-state index in [1.807, 2.05) is 48.5 Å². The lowest BCUT2D eigenvalue weighted by Gasteiger charge is -2.31. The lowest BCUT2D eigenvalue weighted by molar-refractivity contribution is 0.101. The molecule has 2 amide bonds. The molecule has 0 spiro atoms. The lowest BCUT2D eigenvalue weighted by atomic mass is 9.74. The second-order valence-electron chi connectivity index (χ2n) is 9.46. The summed E-state index contributed by atoms with van der Waals surface area (Å²) in [5.41, 5.74) is 6.68. The average molecular weight is 620 g/mol. The van der Waals surface area contributed by atoms with Gasteiger partial charge in [-0.15, -0.1) is 0 Å². The maximum Gasteiger partial charge on any atom is 0.255 e. The van der Waals surface area contributed by atoms with Crippen molar-refractivity contribution in [1.82, 2.24) is 0 Å². The fourth-order valence-electron chi connectivity index (χ4n) is 4.63. The number of halogens is 2. The van der Waals surface area contributed by atoms with E-state index in [1.54, 1.807) is 24.3 Å². The molecule has 0 aliphatic carbocycles. The van der Waals surface area contributed by atoms with Crippen LogP contribution in [-0.4, -0.2) is 11.8 Å². The standard InChI is InChI=1S/C31H28Br2N2O2/c1-19-23(15-17-25(27(19)32)34-29(36)21-11-7-5-8-12-21)31(3,4)24-16-18-26(28(33)20(24)2)35-30(37)22-13-9-6-10-14-22/h5-18H,1-4H3,(H,34,36)(H,35,37). The quantitative estimate of drug-likeness (QED) is 0.227. The third-order valence-corrected chi connectivity index (χ3v) is 8.73. The van der Waals surface area contributed by atoms with Crippen LogP contribution >= 0.6 is 31.9 Å². The number of carbonyl (C=O) groups excluding carboxylic acids is 2. The molecule has 0 aliphatic rings. The van der Waals surface area contributed by atoms with Gasteiger partial charge < -0.3 is 10.6 Å². The molecule has 0 atom stereocenters. The van der Waals surface area contributed by atoms with Crippen LogP contribution in [0.25, 0.3) is 0 Å². The zero-order valence-electron chi connectivity index (χ0n) is 21.2. The number of benzene rings is 4. The van der Waals surface area contributed by atoms with E-state index >= 15 is 0 Å². The number of hydrogen-bond acceptors (Lipinski definition) is 2. The van der Waals surface area contributed by atoms with Crippen LogP contribution in [0.15, 0.2) is 93.9 Å². The second kappa shape index (κ2) is 11.0. The third kappa shape index (κ3) is 5.55. The summed E-state index contributed by atoms with van der Waals surface area (Å²) < 4.78 is 1.71. The molecule has 0 saturated carbocycles. The van der Waals surface area contributed by atoms with Crippen LogP contribution in [0.5, 0.6) is 0 Å². The van der Waals surface area contributed by atoms with Crippen LogP contribution in [0.1, 0.15) is 56.8 Å². The zero-order valence-corrected chi connectivity index (χ0v) is 24.3. The Labute approximate surface area is 234 Å². The Kier molecular flexibility index (Phi) is 8.00. The first-order valence-corrected chi connectivity index (χ1v) is 13.5. The number of carbonyl (C=O) groups is 2. The fourth-order valence-corrected chi connectivity index (χ4v) is 5.52. The number of nitrogens with one attached hydrogen (secondary N) is 2. The Morgan fingerprint density at radius 1 is 0.595 bits per heavy atom. The van der Waals surface area contributed by atoms with Crippen LogP contribution in [0, 0.1) is 13.8 Å². The summed E-state index contributed by atoms with van der Waals surface area (Å²) >= 11 is 7.44. The molecule has 0 bridgehead atoms. The van der Waals surface area contributed by atoms with Crippen molar-refractivity contribution in [2.24, 2.45) is 0 Å². The van der Waals surface area contributed by atoms with Gasteiger partial charge >= 0.3 is 0 Å². The molecule has 37 heavy (non-hydrogen) atoms. The minimum Gasteiger partial charge on any atom is -0.321 e. The van der Waals surface area contributed by atoms with Crippen molar-refractivity contribution in [2.75, 3.05) is 10.6 Å². The summed E-state index contributed by atoms with van der Waals surface area (Å²) in [4.78, 5) is 25.4.